The Hall–Kier alpha value is -0.533. The Morgan fingerprint density at radius 3 is 1.96 bits per heavy atom. The van der Waals surface area contributed by atoms with E-state index in [2.05, 4.69) is 0 Å². The maximum Gasteiger partial charge on any atom is 0.374 e. The van der Waals surface area contributed by atoms with Gasteiger partial charge in [0.05, 0.1) is 6.16 Å². The molecule has 0 rings (SSSR count). The van der Waals surface area contributed by atoms with Gasteiger partial charge in [0.1, 0.15) is 6.10 Å². The van der Waals surface area contributed by atoms with E-state index in [0.29, 0.717) is 0 Å². The topological polar surface area (TPSA) is 99.1 Å². The van der Waals surface area contributed by atoms with Crippen molar-refractivity contribution in [3.63, 3.8) is 0 Å². The predicted molar refractivity (Wildman–Crippen MR) is 95.0 cm³/mol. The first kappa shape index (κ1) is 23.5. The fourth-order valence-electron chi connectivity index (χ4n) is 1.92. The molecule has 0 radical (unpaired) electrons. The lowest BCUT2D eigenvalue weighted by Gasteiger charge is -2.39. The molecule has 0 fully saturated rings. The third kappa shape index (κ3) is 6.76. The third-order valence-electron chi connectivity index (χ3n) is 4.45. The van der Waals surface area contributed by atoms with Gasteiger partial charge in [-0.25, -0.2) is 4.79 Å². The van der Waals surface area contributed by atoms with Crippen molar-refractivity contribution in [1.82, 2.24) is 0 Å². The molecule has 0 aromatic carbocycles. The Morgan fingerprint density at radius 2 is 1.62 bits per heavy atom. The van der Waals surface area contributed by atoms with Gasteiger partial charge in [0, 0.05) is 14.2 Å². The number of carbonyl (C=O) groups is 2. The second kappa shape index (κ2) is 8.72. The van der Waals surface area contributed by atoms with Gasteiger partial charge in [-0.3, -0.25) is 9.36 Å². The van der Waals surface area contributed by atoms with Crippen molar-refractivity contribution in [3.8, 4) is 0 Å². The van der Waals surface area contributed by atoms with Crippen LogP contribution in [0.4, 0.5) is 0 Å². The molecular formula is C15H31O7PSi. The van der Waals surface area contributed by atoms with Crippen LogP contribution in [0, 0.1) is 5.92 Å². The smallest absolute Gasteiger partial charge is 0.374 e. The normalized spacial score (nSPS) is 15.8. The van der Waals surface area contributed by atoms with Crippen molar-refractivity contribution in [1.29, 1.82) is 0 Å². The van der Waals surface area contributed by atoms with Gasteiger partial charge in [0.25, 0.3) is 5.78 Å². The molecular weight excluding hydrogens is 351 g/mol. The second-order valence-electron chi connectivity index (χ2n) is 7.54. The standard InChI is InChI=1S/C15H31O7PSi/c1-11(10-23(19,20-5)21-6)9-12(13(16)14(17)18)22-24(7,8)15(2,3)4/h11-12H,9-10H2,1-8H3,(H,17,18). The quantitative estimate of drug-likeness (QED) is 0.350. The van der Waals surface area contributed by atoms with Gasteiger partial charge in [-0.15, -0.1) is 0 Å². The molecule has 0 amide bonds. The highest BCUT2D eigenvalue weighted by Gasteiger charge is 2.42. The number of rotatable bonds is 10. The van der Waals surface area contributed by atoms with Crippen molar-refractivity contribution in [2.45, 2.75) is 58.4 Å². The minimum atomic E-state index is -3.23. The molecule has 0 spiro atoms. The summed E-state index contributed by atoms with van der Waals surface area (Å²) in [5, 5.41) is 8.91. The molecule has 0 aromatic heterocycles. The average Bonchev–Trinajstić information content (AvgIpc) is 2.43. The fraction of sp³-hybridized carbons (Fsp3) is 0.867. The predicted octanol–water partition coefficient (Wildman–Crippen LogP) is 3.54. The van der Waals surface area contributed by atoms with Crippen LogP contribution >= 0.6 is 7.60 Å². The Kier molecular flexibility index (Phi) is 8.52. The Bertz CT molecular complexity index is 491. The lowest BCUT2D eigenvalue weighted by molar-refractivity contribution is -0.153. The summed E-state index contributed by atoms with van der Waals surface area (Å²) in [6.07, 6.45) is -0.834. The van der Waals surface area contributed by atoms with Gasteiger partial charge in [-0.2, -0.15) is 0 Å². The van der Waals surface area contributed by atoms with Crippen molar-refractivity contribution in [2.24, 2.45) is 5.92 Å². The maximum atomic E-state index is 12.2. The molecule has 1 N–H and O–H groups in total. The van der Waals surface area contributed by atoms with Crippen LogP contribution in [0.15, 0.2) is 0 Å². The molecule has 142 valence electrons. The van der Waals surface area contributed by atoms with E-state index in [1.165, 1.54) is 14.2 Å². The first-order chi connectivity index (χ1) is 10.7. The minimum absolute atomic E-state index is 0.0876. The molecule has 9 heteroatoms. The van der Waals surface area contributed by atoms with Crippen LogP contribution in [0.5, 0.6) is 0 Å². The van der Waals surface area contributed by atoms with E-state index >= 15 is 0 Å². The van der Waals surface area contributed by atoms with Crippen LogP contribution in [0.1, 0.15) is 34.1 Å². The number of carboxylic acid groups (broad SMARTS) is 1. The number of hydrogen-bond donors (Lipinski definition) is 1. The lowest BCUT2D eigenvalue weighted by atomic mass is 10.0. The van der Waals surface area contributed by atoms with E-state index in [-0.39, 0.29) is 23.5 Å². The van der Waals surface area contributed by atoms with E-state index in [1.54, 1.807) is 6.92 Å². The highest BCUT2D eigenvalue weighted by Crippen LogP contribution is 2.48. The van der Waals surface area contributed by atoms with E-state index in [0.717, 1.165) is 0 Å². The first-order valence-electron chi connectivity index (χ1n) is 7.84. The molecule has 7 nitrogen and oxygen atoms in total. The van der Waals surface area contributed by atoms with Crippen LogP contribution in [0.3, 0.4) is 0 Å². The maximum absolute atomic E-state index is 12.2. The number of Topliss-reactive ketones (excluding diaryl/α,β-unsaturated/α-hetero) is 1. The molecule has 0 saturated carbocycles. The Balaban J connectivity index is 5.28. The minimum Gasteiger partial charge on any atom is -0.475 e. The van der Waals surface area contributed by atoms with Crippen LogP contribution < -0.4 is 0 Å². The van der Waals surface area contributed by atoms with Gasteiger partial charge in [-0.05, 0) is 30.5 Å². The largest absolute Gasteiger partial charge is 0.475 e. The summed E-state index contributed by atoms with van der Waals surface area (Å²) in [4.78, 5) is 23.2. The zero-order chi connectivity index (χ0) is 19.3. The molecule has 2 unspecified atom stereocenters. The number of carboxylic acids is 1. The average molecular weight is 382 g/mol. The summed E-state index contributed by atoms with van der Waals surface area (Å²) >= 11 is 0. The summed E-state index contributed by atoms with van der Waals surface area (Å²) in [6, 6.07) is 0. The van der Waals surface area contributed by atoms with Crippen LogP contribution in [-0.2, 0) is 27.6 Å². The van der Waals surface area contributed by atoms with Gasteiger partial charge in [-0.1, -0.05) is 27.7 Å². The molecule has 0 aliphatic rings. The zero-order valence-corrected chi connectivity index (χ0v) is 17.8. The van der Waals surface area contributed by atoms with Crippen molar-refractivity contribution < 1.29 is 32.7 Å². The van der Waals surface area contributed by atoms with E-state index < -0.39 is 33.8 Å². The highest BCUT2D eigenvalue weighted by atomic mass is 31.2. The molecule has 0 aliphatic heterocycles. The molecule has 24 heavy (non-hydrogen) atoms. The van der Waals surface area contributed by atoms with Crippen molar-refractivity contribution in [3.05, 3.63) is 0 Å². The Morgan fingerprint density at radius 1 is 1.17 bits per heavy atom. The summed E-state index contributed by atoms with van der Waals surface area (Å²) < 4.78 is 28.0. The molecule has 2 atom stereocenters. The zero-order valence-electron chi connectivity index (χ0n) is 15.9. The second-order valence-corrected chi connectivity index (χ2v) is 14.6. The van der Waals surface area contributed by atoms with E-state index in [1.807, 2.05) is 33.9 Å². The molecule has 0 aromatic rings. The molecule has 0 heterocycles. The van der Waals surface area contributed by atoms with Gasteiger partial charge < -0.3 is 18.6 Å². The Labute approximate surface area is 145 Å². The first-order valence-corrected chi connectivity index (χ1v) is 12.5. The van der Waals surface area contributed by atoms with Gasteiger partial charge >= 0.3 is 13.6 Å². The summed E-state index contributed by atoms with van der Waals surface area (Å²) in [5.74, 6) is -2.77. The van der Waals surface area contributed by atoms with Crippen molar-refractivity contribution in [2.75, 3.05) is 20.4 Å². The van der Waals surface area contributed by atoms with Crippen LogP contribution in [0.2, 0.25) is 18.1 Å². The number of hydrogen-bond acceptors (Lipinski definition) is 6. The monoisotopic (exact) mass is 382 g/mol. The molecule has 0 bridgehead atoms. The summed E-state index contributed by atoms with van der Waals surface area (Å²) in [5.41, 5.74) is 0. The number of aliphatic carboxylic acids is 1. The summed E-state index contributed by atoms with van der Waals surface area (Å²) in [6.45, 7) is 11.7. The molecule has 0 aliphatic carbocycles. The SMILES string of the molecule is COP(=O)(CC(C)CC(O[Si](C)(C)C(C)(C)C)C(=O)C(=O)O)OC. The highest BCUT2D eigenvalue weighted by molar-refractivity contribution is 7.53. The third-order valence-corrected chi connectivity index (χ3v) is 11.1. The van der Waals surface area contributed by atoms with Crippen molar-refractivity contribution >= 4 is 27.7 Å². The molecule has 0 saturated heterocycles. The van der Waals surface area contributed by atoms with E-state index in [9.17, 15) is 14.2 Å². The van der Waals surface area contributed by atoms with Crippen LogP contribution in [0.25, 0.3) is 0 Å². The summed E-state index contributed by atoms with van der Waals surface area (Å²) in [7, 11) is -2.98. The lowest BCUT2D eigenvalue weighted by Crippen LogP contribution is -2.47. The van der Waals surface area contributed by atoms with Gasteiger partial charge in [0.2, 0.25) is 0 Å². The van der Waals surface area contributed by atoms with E-state index in [4.69, 9.17) is 18.6 Å². The van der Waals surface area contributed by atoms with Gasteiger partial charge in [0.15, 0.2) is 8.32 Å². The number of ketones is 1. The number of carbonyl (C=O) groups excluding carboxylic acids is 1. The fourth-order valence-corrected chi connectivity index (χ4v) is 4.55. The van der Waals surface area contributed by atoms with Crippen LogP contribution in [-0.4, -0.2) is 51.7 Å².